The number of halogens is 1. The normalized spacial score (nSPS) is 16.7. The first-order valence-corrected chi connectivity index (χ1v) is 7.18. The number of nitrogen functional groups attached to an aromatic ring is 1. The highest BCUT2D eigenvalue weighted by atomic mass is 79.9. The fourth-order valence-electron chi connectivity index (χ4n) is 2.62. The number of nitrogens with zero attached hydrogens (tertiary/aromatic N) is 3. The number of benzene rings is 1. The molecular formula is C13H17BrN4. The number of likely N-dealkylation sites (tertiary alicyclic amines) is 1. The van der Waals surface area contributed by atoms with E-state index in [9.17, 15) is 0 Å². The van der Waals surface area contributed by atoms with Crippen LogP contribution in [0.1, 0.15) is 12.8 Å². The van der Waals surface area contributed by atoms with Gasteiger partial charge in [-0.2, -0.15) is 5.10 Å². The van der Waals surface area contributed by atoms with E-state index in [0.717, 1.165) is 34.3 Å². The van der Waals surface area contributed by atoms with Crippen molar-refractivity contribution >= 4 is 32.5 Å². The molecule has 0 radical (unpaired) electrons. The first-order valence-electron chi connectivity index (χ1n) is 6.38. The van der Waals surface area contributed by atoms with Gasteiger partial charge in [0.1, 0.15) is 4.60 Å². The molecule has 0 atom stereocenters. The number of nitrogens with two attached hydrogens (primary N) is 1. The Morgan fingerprint density at radius 3 is 2.78 bits per heavy atom. The standard InChI is InChI=1S/C13H17BrN4/c14-13-12-10(15)4-3-5-11(12)18(16-13)9-8-17-6-1-2-7-17/h3-5H,1-2,6-9,15H2. The summed E-state index contributed by atoms with van der Waals surface area (Å²) in [6.07, 6.45) is 2.66. The van der Waals surface area contributed by atoms with Gasteiger partial charge in [0, 0.05) is 12.2 Å². The Kier molecular flexibility index (Phi) is 3.26. The van der Waals surface area contributed by atoms with E-state index >= 15 is 0 Å². The minimum Gasteiger partial charge on any atom is -0.398 e. The quantitative estimate of drug-likeness (QED) is 0.886. The Hall–Kier alpha value is -1.07. The van der Waals surface area contributed by atoms with Crippen LogP contribution in [0.5, 0.6) is 0 Å². The Labute approximate surface area is 115 Å². The van der Waals surface area contributed by atoms with Gasteiger partial charge in [0.15, 0.2) is 0 Å². The largest absolute Gasteiger partial charge is 0.398 e. The Bertz CT molecular complexity index is 557. The van der Waals surface area contributed by atoms with Crippen molar-refractivity contribution in [2.45, 2.75) is 19.4 Å². The molecule has 1 aromatic heterocycles. The summed E-state index contributed by atoms with van der Waals surface area (Å²) in [4.78, 5) is 2.49. The second kappa shape index (κ2) is 4.90. The van der Waals surface area contributed by atoms with E-state index in [4.69, 9.17) is 5.73 Å². The van der Waals surface area contributed by atoms with E-state index in [0.29, 0.717) is 0 Å². The van der Waals surface area contributed by atoms with Crippen molar-refractivity contribution in [1.29, 1.82) is 0 Å². The molecular weight excluding hydrogens is 292 g/mol. The summed E-state index contributed by atoms with van der Waals surface area (Å²) in [6, 6.07) is 5.98. The van der Waals surface area contributed by atoms with Gasteiger partial charge in [0.2, 0.25) is 0 Å². The Balaban J connectivity index is 1.85. The van der Waals surface area contributed by atoms with Crippen molar-refractivity contribution < 1.29 is 0 Å². The molecule has 5 heteroatoms. The third-order valence-electron chi connectivity index (χ3n) is 3.59. The molecule has 0 saturated carbocycles. The van der Waals surface area contributed by atoms with E-state index in [-0.39, 0.29) is 0 Å². The van der Waals surface area contributed by atoms with Gasteiger partial charge < -0.3 is 10.6 Å². The summed E-state index contributed by atoms with van der Waals surface area (Å²) in [7, 11) is 0. The molecule has 0 amide bonds. The second-order valence-corrected chi connectivity index (χ2v) is 5.56. The monoisotopic (exact) mass is 308 g/mol. The number of fused-ring (bicyclic) bond motifs is 1. The van der Waals surface area contributed by atoms with Gasteiger partial charge >= 0.3 is 0 Å². The molecule has 2 heterocycles. The van der Waals surface area contributed by atoms with Gasteiger partial charge in [0.25, 0.3) is 0 Å². The average Bonchev–Trinajstić information content (AvgIpc) is 2.96. The summed E-state index contributed by atoms with van der Waals surface area (Å²) in [5.41, 5.74) is 7.89. The van der Waals surface area contributed by atoms with E-state index in [1.165, 1.54) is 25.9 Å². The lowest BCUT2D eigenvalue weighted by molar-refractivity contribution is 0.318. The highest BCUT2D eigenvalue weighted by Gasteiger charge is 2.14. The minimum absolute atomic E-state index is 0.784. The fraction of sp³-hybridized carbons (Fsp3) is 0.462. The maximum Gasteiger partial charge on any atom is 0.138 e. The summed E-state index contributed by atoms with van der Waals surface area (Å²) < 4.78 is 2.89. The van der Waals surface area contributed by atoms with Gasteiger partial charge in [-0.25, -0.2) is 0 Å². The molecule has 1 saturated heterocycles. The smallest absolute Gasteiger partial charge is 0.138 e. The first-order chi connectivity index (χ1) is 8.75. The van der Waals surface area contributed by atoms with Crippen molar-refractivity contribution in [3.05, 3.63) is 22.8 Å². The van der Waals surface area contributed by atoms with Crippen LogP contribution in [0, 0.1) is 0 Å². The predicted octanol–water partition coefficient (Wildman–Crippen LogP) is 2.48. The molecule has 0 spiro atoms. The number of hydrogen-bond acceptors (Lipinski definition) is 3. The first kappa shape index (κ1) is 12.0. The van der Waals surface area contributed by atoms with Crippen LogP contribution in [0.15, 0.2) is 22.8 Å². The summed E-state index contributed by atoms with van der Waals surface area (Å²) in [5, 5.41) is 5.56. The average molecular weight is 309 g/mol. The molecule has 1 fully saturated rings. The van der Waals surface area contributed by atoms with E-state index in [2.05, 4.69) is 32.0 Å². The van der Waals surface area contributed by atoms with Gasteiger partial charge in [-0.15, -0.1) is 0 Å². The lowest BCUT2D eigenvalue weighted by atomic mass is 10.2. The van der Waals surface area contributed by atoms with Gasteiger partial charge in [-0.05, 0) is 54.0 Å². The zero-order valence-electron chi connectivity index (χ0n) is 10.3. The maximum atomic E-state index is 5.99. The maximum absolute atomic E-state index is 5.99. The van der Waals surface area contributed by atoms with Crippen LogP contribution in [0.4, 0.5) is 5.69 Å². The number of anilines is 1. The number of rotatable bonds is 3. The lowest BCUT2D eigenvalue weighted by Crippen LogP contribution is -2.24. The summed E-state index contributed by atoms with van der Waals surface area (Å²) in [5.74, 6) is 0. The molecule has 1 aliphatic rings. The van der Waals surface area contributed by atoms with Gasteiger partial charge in [0.05, 0.1) is 17.4 Å². The van der Waals surface area contributed by atoms with Crippen molar-refractivity contribution in [2.75, 3.05) is 25.4 Å². The van der Waals surface area contributed by atoms with Gasteiger partial charge in [-0.3, -0.25) is 4.68 Å². The third-order valence-corrected chi connectivity index (χ3v) is 4.15. The fourth-order valence-corrected chi connectivity index (χ4v) is 3.24. The topological polar surface area (TPSA) is 47.1 Å². The van der Waals surface area contributed by atoms with Crippen LogP contribution in [-0.2, 0) is 6.54 Å². The zero-order chi connectivity index (χ0) is 12.5. The van der Waals surface area contributed by atoms with Crippen molar-refractivity contribution in [2.24, 2.45) is 0 Å². The molecule has 1 aromatic carbocycles. The molecule has 1 aliphatic heterocycles. The van der Waals surface area contributed by atoms with Crippen molar-refractivity contribution in [3.8, 4) is 0 Å². The number of hydrogen-bond donors (Lipinski definition) is 1. The third kappa shape index (κ3) is 2.12. The molecule has 18 heavy (non-hydrogen) atoms. The molecule has 0 aliphatic carbocycles. The molecule has 0 bridgehead atoms. The second-order valence-electron chi connectivity index (χ2n) is 4.80. The van der Waals surface area contributed by atoms with Crippen LogP contribution in [0.3, 0.4) is 0 Å². The van der Waals surface area contributed by atoms with Crippen LogP contribution in [0.25, 0.3) is 10.9 Å². The Morgan fingerprint density at radius 2 is 2.00 bits per heavy atom. The SMILES string of the molecule is Nc1cccc2c1c(Br)nn2CCN1CCCC1. The zero-order valence-corrected chi connectivity index (χ0v) is 11.9. The molecule has 96 valence electrons. The van der Waals surface area contributed by atoms with Gasteiger partial charge in [-0.1, -0.05) is 6.07 Å². The van der Waals surface area contributed by atoms with Crippen LogP contribution < -0.4 is 5.73 Å². The predicted molar refractivity (Wildman–Crippen MR) is 77.5 cm³/mol. The number of aromatic nitrogens is 2. The minimum atomic E-state index is 0.784. The van der Waals surface area contributed by atoms with Crippen LogP contribution >= 0.6 is 15.9 Å². The van der Waals surface area contributed by atoms with E-state index < -0.39 is 0 Å². The summed E-state index contributed by atoms with van der Waals surface area (Å²) >= 11 is 3.50. The molecule has 2 N–H and O–H groups in total. The highest BCUT2D eigenvalue weighted by molar-refractivity contribution is 9.10. The highest BCUT2D eigenvalue weighted by Crippen LogP contribution is 2.28. The molecule has 3 rings (SSSR count). The molecule has 4 nitrogen and oxygen atoms in total. The van der Waals surface area contributed by atoms with E-state index in [1.54, 1.807) is 0 Å². The molecule has 0 unspecified atom stereocenters. The molecule has 2 aromatic rings. The lowest BCUT2D eigenvalue weighted by Gasteiger charge is -2.14. The van der Waals surface area contributed by atoms with Crippen LogP contribution in [-0.4, -0.2) is 34.3 Å². The summed E-state index contributed by atoms with van der Waals surface area (Å²) in [6.45, 7) is 4.44. The van der Waals surface area contributed by atoms with Crippen LogP contribution in [0.2, 0.25) is 0 Å². The Morgan fingerprint density at radius 1 is 1.22 bits per heavy atom. The van der Waals surface area contributed by atoms with E-state index in [1.807, 2.05) is 16.8 Å². The van der Waals surface area contributed by atoms with Crippen molar-refractivity contribution in [3.63, 3.8) is 0 Å². The van der Waals surface area contributed by atoms with Crippen molar-refractivity contribution in [1.82, 2.24) is 14.7 Å².